The van der Waals surface area contributed by atoms with Crippen molar-refractivity contribution in [2.24, 2.45) is 0 Å². The molecule has 3 aromatic rings. The summed E-state index contributed by atoms with van der Waals surface area (Å²) in [5, 5.41) is 5.89. The predicted octanol–water partition coefficient (Wildman–Crippen LogP) is 2.98. The van der Waals surface area contributed by atoms with Gasteiger partial charge < -0.3 is 15.6 Å². The Morgan fingerprint density at radius 3 is 2.40 bits per heavy atom. The molecule has 0 aliphatic rings. The summed E-state index contributed by atoms with van der Waals surface area (Å²) in [7, 11) is 0. The van der Waals surface area contributed by atoms with E-state index in [1.54, 1.807) is 6.07 Å². The Bertz CT molecular complexity index is 889. The molecule has 25 heavy (non-hydrogen) atoms. The van der Waals surface area contributed by atoms with E-state index in [0.717, 1.165) is 0 Å². The number of pyridine rings is 1. The Morgan fingerprint density at radius 2 is 1.84 bits per heavy atom. The van der Waals surface area contributed by atoms with E-state index in [-0.39, 0.29) is 11.4 Å². The zero-order valence-corrected chi connectivity index (χ0v) is 12.4. The van der Waals surface area contributed by atoms with Crippen molar-refractivity contribution in [1.82, 2.24) is 15.1 Å². The van der Waals surface area contributed by atoms with Crippen LogP contribution in [0.25, 0.3) is 11.4 Å². The van der Waals surface area contributed by atoms with Crippen molar-refractivity contribution in [2.45, 2.75) is 6.18 Å². The minimum atomic E-state index is -4.71. The van der Waals surface area contributed by atoms with Crippen LogP contribution in [0.5, 0.6) is 0 Å². The summed E-state index contributed by atoms with van der Waals surface area (Å²) in [5.41, 5.74) is 6.48. The highest BCUT2D eigenvalue weighted by Crippen LogP contribution is 2.29. The van der Waals surface area contributed by atoms with Crippen LogP contribution in [0.4, 0.5) is 24.7 Å². The first kappa shape index (κ1) is 16.4. The fraction of sp³-hybridized carbons (Fsp3) is 0.0667. The highest BCUT2D eigenvalue weighted by atomic mass is 19.4. The summed E-state index contributed by atoms with van der Waals surface area (Å²) in [6.07, 6.45) is -3.31. The summed E-state index contributed by atoms with van der Waals surface area (Å²) in [6, 6.07) is 8.82. The lowest BCUT2D eigenvalue weighted by Gasteiger charge is -2.05. The third kappa shape index (κ3) is 3.74. The lowest BCUT2D eigenvalue weighted by Crippen LogP contribution is -2.12. The van der Waals surface area contributed by atoms with Crippen LogP contribution < -0.4 is 11.1 Å². The normalized spacial score (nSPS) is 11.3. The molecule has 0 unspecified atom stereocenters. The van der Waals surface area contributed by atoms with E-state index < -0.39 is 18.0 Å². The lowest BCUT2D eigenvalue weighted by molar-refractivity contribution is -0.159. The number of halogens is 3. The first-order valence-electron chi connectivity index (χ1n) is 6.87. The number of hydrogen-bond acceptors (Lipinski definition) is 6. The fourth-order valence-electron chi connectivity index (χ4n) is 1.91. The molecule has 0 aliphatic carbocycles. The number of benzene rings is 1. The fourth-order valence-corrected chi connectivity index (χ4v) is 1.91. The van der Waals surface area contributed by atoms with Crippen molar-refractivity contribution in [3.8, 4) is 11.4 Å². The molecule has 0 bridgehead atoms. The summed E-state index contributed by atoms with van der Waals surface area (Å²) in [4.78, 5) is 19.2. The highest BCUT2D eigenvalue weighted by molar-refractivity contribution is 6.04. The lowest BCUT2D eigenvalue weighted by atomic mass is 10.1. The number of anilines is 2. The average molecular weight is 349 g/mol. The van der Waals surface area contributed by atoms with E-state index >= 15 is 0 Å². The Hall–Kier alpha value is -3.43. The minimum absolute atomic E-state index is 0.220. The molecule has 10 heteroatoms. The number of carbonyl (C=O) groups excluding carboxylic acids is 1. The smallest absolute Gasteiger partial charge is 0.384 e. The number of nitrogen functional groups attached to an aromatic ring is 1. The molecule has 7 nitrogen and oxygen atoms in total. The van der Waals surface area contributed by atoms with Crippen LogP contribution in [-0.4, -0.2) is 21.0 Å². The predicted molar refractivity (Wildman–Crippen MR) is 81.3 cm³/mol. The number of rotatable bonds is 3. The molecule has 0 radical (unpaired) electrons. The van der Waals surface area contributed by atoms with Gasteiger partial charge in [-0.1, -0.05) is 17.3 Å². The van der Waals surface area contributed by atoms with E-state index in [9.17, 15) is 18.0 Å². The summed E-state index contributed by atoms with van der Waals surface area (Å²) in [5.74, 6) is -1.75. The van der Waals surface area contributed by atoms with Gasteiger partial charge in [0.15, 0.2) is 0 Å². The van der Waals surface area contributed by atoms with Crippen molar-refractivity contribution in [3.05, 3.63) is 54.0 Å². The molecule has 2 aromatic heterocycles. The van der Waals surface area contributed by atoms with Crippen LogP contribution in [0.15, 0.2) is 47.1 Å². The third-order valence-corrected chi connectivity index (χ3v) is 3.12. The van der Waals surface area contributed by atoms with Gasteiger partial charge in [0, 0.05) is 11.1 Å². The van der Waals surface area contributed by atoms with E-state index in [0.29, 0.717) is 17.1 Å². The first-order chi connectivity index (χ1) is 11.8. The molecular weight excluding hydrogens is 339 g/mol. The van der Waals surface area contributed by atoms with Gasteiger partial charge in [0.05, 0.1) is 11.9 Å². The molecule has 0 aliphatic heterocycles. The van der Waals surface area contributed by atoms with Crippen LogP contribution in [-0.2, 0) is 6.18 Å². The number of nitrogens with zero attached hydrogens (tertiary/aromatic N) is 3. The molecule has 128 valence electrons. The molecule has 2 heterocycles. The molecule has 0 spiro atoms. The topological polar surface area (TPSA) is 107 Å². The monoisotopic (exact) mass is 349 g/mol. The van der Waals surface area contributed by atoms with E-state index in [1.807, 2.05) is 0 Å². The highest BCUT2D eigenvalue weighted by Gasteiger charge is 2.38. The first-order valence-corrected chi connectivity index (χ1v) is 6.87. The van der Waals surface area contributed by atoms with Gasteiger partial charge in [-0.3, -0.25) is 4.79 Å². The van der Waals surface area contributed by atoms with E-state index in [4.69, 9.17) is 5.73 Å². The Labute approximate surface area is 138 Å². The number of hydrogen-bond donors (Lipinski definition) is 2. The van der Waals surface area contributed by atoms with Crippen molar-refractivity contribution in [1.29, 1.82) is 0 Å². The molecular formula is C15H10F3N5O2. The maximum atomic E-state index is 12.5. The van der Waals surface area contributed by atoms with Crippen molar-refractivity contribution >= 4 is 17.4 Å². The molecule has 3 N–H and O–H groups in total. The molecule has 0 saturated carbocycles. The van der Waals surface area contributed by atoms with Gasteiger partial charge >= 0.3 is 12.1 Å². The molecule has 1 amide bonds. The van der Waals surface area contributed by atoms with Crippen molar-refractivity contribution < 1.29 is 22.5 Å². The standard InChI is InChI=1S/C15H10F3N5O2/c16-15(17,18)14-22-12(23-25-14)8-1-3-9(4-2-8)13(24)21-10-5-6-11(19)20-7-10/h1-7H,(H2,19,20)(H,21,24). The van der Waals surface area contributed by atoms with Crippen LogP contribution in [0.1, 0.15) is 16.2 Å². The largest absolute Gasteiger partial charge is 0.471 e. The van der Waals surface area contributed by atoms with Gasteiger partial charge in [-0.15, -0.1) is 0 Å². The van der Waals surface area contributed by atoms with Crippen LogP contribution in [0.2, 0.25) is 0 Å². The minimum Gasteiger partial charge on any atom is -0.384 e. The van der Waals surface area contributed by atoms with Crippen LogP contribution >= 0.6 is 0 Å². The van der Waals surface area contributed by atoms with Gasteiger partial charge in [-0.2, -0.15) is 18.2 Å². The molecule has 1 aromatic carbocycles. The van der Waals surface area contributed by atoms with Crippen LogP contribution in [0.3, 0.4) is 0 Å². The van der Waals surface area contributed by atoms with Gasteiger partial charge in [0.25, 0.3) is 5.91 Å². The third-order valence-electron chi connectivity index (χ3n) is 3.12. The van der Waals surface area contributed by atoms with Gasteiger partial charge in [0.1, 0.15) is 5.82 Å². The second-order valence-corrected chi connectivity index (χ2v) is 4.92. The number of aromatic nitrogens is 3. The van der Waals surface area contributed by atoms with Gasteiger partial charge in [-0.05, 0) is 24.3 Å². The Kier molecular flexibility index (Phi) is 4.09. The van der Waals surface area contributed by atoms with Crippen molar-refractivity contribution in [2.75, 3.05) is 11.1 Å². The number of nitrogens with two attached hydrogens (primary N) is 1. The zero-order chi connectivity index (χ0) is 18.0. The molecule has 0 fully saturated rings. The average Bonchev–Trinajstić information content (AvgIpc) is 3.07. The number of amides is 1. The number of carbonyl (C=O) groups is 1. The van der Waals surface area contributed by atoms with E-state index in [1.165, 1.54) is 36.5 Å². The Balaban J connectivity index is 1.74. The summed E-state index contributed by atoms with van der Waals surface area (Å²) < 4.78 is 41.5. The molecule has 0 atom stereocenters. The maximum absolute atomic E-state index is 12.5. The van der Waals surface area contributed by atoms with Crippen molar-refractivity contribution in [3.63, 3.8) is 0 Å². The number of alkyl halides is 3. The maximum Gasteiger partial charge on any atom is 0.471 e. The summed E-state index contributed by atoms with van der Waals surface area (Å²) >= 11 is 0. The summed E-state index contributed by atoms with van der Waals surface area (Å²) in [6.45, 7) is 0. The van der Waals surface area contributed by atoms with Gasteiger partial charge in [-0.25, -0.2) is 4.98 Å². The molecule has 0 saturated heterocycles. The molecule has 3 rings (SSSR count). The van der Waals surface area contributed by atoms with E-state index in [2.05, 4.69) is 25.0 Å². The SMILES string of the molecule is Nc1ccc(NC(=O)c2ccc(-c3noc(C(F)(F)F)n3)cc2)cn1. The second-order valence-electron chi connectivity index (χ2n) is 4.92. The quantitative estimate of drug-likeness (QED) is 0.753. The number of nitrogens with one attached hydrogen (secondary N) is 1. The van der Waals surface area contributed by atoms with Crippen LogP contribution in [0, 0.1) is 0 Å². The van der Waals surface area contributed by atoms with Gasteiger partial charge in [0.2, 0.25) is 5.82 Å². The Morgan fingerprint density at radius 1 is 1.12 bits per heavy atom. The second kappa shape index (κ2) is 6.23. The zero-order valence-electron chi connectivity index (χ0n) is 12.4.